The molecule has 20 heavy (non-hydrogen) atoms. The van der Waals surface area contributed by atoms with Crippen LogP contribution in [0.1, 0.15) is 18.3 Å². The molecule has 106 valence electrons. The number of methoxy groups -OCH3 is 1. The van der Waals surface area contributed by atoms with Crippen LogP contribution in [0.4, 0.5) is 17.3 Å². The molecule has 0 atom stereocenters. The van der Waals surface area contributed by atoms with Crippen LogP contribution in [0.15, 0.2) is 24.3 Å². The fourth-order valence-electron chi connectivity index (χ4n) is 1.85. The molecule has 0 amide bonds. The van der Waals surface area contributed by atoms with Crippen molar-refractivity contribution in [2.75, 3.05) is 17.9 Å². The first kappa shape index (κ1) is 14.1. The van der Waals surface area contributed by atoms with E-state index in [0.29, 0.717) is 11.6 Å². The van der Waals surface area contributed by atoms with Gasteiger partial charge in [0, 0.05) is 12.5 Å². The Balaban J connectivity index is 2.36. The molecule has 6 nitrogen and oxygen atoms in total. The number of aromatic nitrogens is 2. The summed E-state index contributed by atoms with van der Waals surface area (Å²) >= 11 is 0. The van der Waals surface area contributed by atoms with Gasteiger partial charge in [-0.2, -0.15) is 0 Å². The first-order valence-corrected chi connectivity index (χ1v) is 6.42. The van der Waals surface area contributed by atoms with Crippen molar-refractivity contribution in [2.45, 2.75) is 20.3 Å². The van der Waals surface area contributed by atoms with Crippen molar-refractivity contribution in [3.05, 3.63) is 35.7 Å². The summed E-state index contributed by atoms with van der Waals surface area (Å²) < 4.78 is 5.34. The van der Waals surface area contributed by atoms with E-state index in [-0.39, 0.29) is 0 Å². The molecule has 0 spiro atoms. The zero-order chi connectivity index (χ0) is 14.5. The van der Waals surface area contributed by atoms with Crippen LogP contribution in [0.5, 0.6) is 5.75 Å². The van der Waals surface area contributed by atoms with Gasteiger partial charge in [0.05, 0.1) is 12.8 Å². The van der Waals surface area contributed by atoms with Crippen molar-refractivity contribution in [3.63, 3.8) is 0 Å². The maximum atomic E-state index is 5.42. The Kier molecular flexibility index (Phi) is 4.37. The molecule has 2 rings (SSSR count). The second-order valence-corrected chi connectivity index (χ2v) is 4.38. The van der Waals surface area contributed by atoms with Crippen LogP contribution in [0.25, 0.3) is 0 Å². The maximum absolute atomic E-state index is 5.42. The highest BCUT2D eigenvalue weighted by molar-refractivity contribution is 5.66. The normalized spacial score (nSPS) is 10.2. The largest absolute Gasteiger partial charge is 0.495 e. The number of aryl methyl sites for hydroxylation is 2. The summed E-state index contributed by atoms with van der Waals surface area (Å²) in [6.45, 7) is 4.02. The van der Waals surface area contributed by atoms with Crippen molar-refractivity contribution < 1.29 is 4.74 Å². The van der Waals surface area contributed by atoms with E-state index in [0.717, 1.165) is 29.2 Å². The van der Waals surface area contributed by atoms with Crippen LogP contribution >= 0.6 is 0 Å². The lowest BCUT2D eigenvalue weighted by molar-refractivity contribution is 0.416. The number of hydrazine groups is 1. The predicted octanol–water partition coefficient (Wildman–Crippen LogP) is 2.39. The molecule has 0 aliphatic rings. The highest BCUT2D eigenvalue weighted by Gasteiger charge is 2.07. The number of hydrogen-bond donors (Lipinski definition) is 3. The number of nitrogen functional groups attached to an aromatic ring is 1. The smallest absolute Gasteiger partial charge is 0.145 e. The summed E-state index contributed by atoms with van der Waals surface area (Å²) in [4.78, 5) is 8.68. The first-order valence-electron chi connectivity index (χ1n) is 6.42. The molecule has 0 aliphatic heterocycles. The van der Waals surface area contributed by atoms with Crippen LogP contribution in [0.3, 0.4) is 0 Å². The van der Waals surface area contributed by atoms with Crippen molar-refractivity contribution in [3.8, 4) is 5.75 Å². The van der Waals surface area contributed by atoms with E-state index in [2.05, 4.69) is 20.7 Å². The Morgan fingerprint density at radius 1 is 1.20 bits per heavy atom. The number of anilines is 3. The highest BCUT2D eigenvalue weighted by atomic mass is 16.5. The van der Waals surface area contributed by atoms with Gasteiger partial charge in [-0.25, -0.2) is 15.8 Å². The lowest BCUT2D eigenvalue weighted by Gasteiger charge is -2.13. The van der Waals surface area contributed by atoms with Crippen LogP contribution in [0, 0.1) is 6.92 Å². The average molecular weight is 273 g/mol. The molecule has 6 heteroatoms. The fraction of sp³-hybridized carbons (Fsp3) is 0.286. The predicted molar refractivity (Wildman–Crippen MR) is 80.2 cm³/mol. The number of rotatable bonds is 5. The Labute approximate surface area is 118 Å². The topological polar surface area (TPSA) is 85.1 Å². The quantitative estimate of drug-likeness (QED) is 0.573. The van der Waals surface area contributed by atoms with Gasteiger partial charge < -0.3 is 15.5 Å². The second-order valence-electron chi connectivity index (χ2n) is 4.38. The molecule has 1 heterocycles. The van der Waals surface area contributed by atoms with Crippen molar-refractivity contribution >= 4 is 17.3 Å². The summed E-state index contributed by atoms with van der Waals surface area (Å²) in [5, 5.41) is 3.24. The lowest BCUT2D eigenvalue weighted by atomic mass is 10.2. The minimum atomic E-state index is 0.575. The van der Waals surface area contributed by atoms with Crippen LogP contribution < -0.4 is 21.3 Å². The number of nitrogens with zero attached hydrogens (tertiary/aromatic N) is 2. The molecule has 4 N–H and O–H groups in total. The highest BCUT2D eigenvalue weighted by Crippen LogP contribution is 2.28. The third-order valence-electron chi connectivity index (χ3n) is 2.85. The first-order chi connectivity index (χ1) is 9.66. The van der Waals surface area contributed by atoms with Gasteiger partial charge in [0.1, 0.15) is 23.2 Å². The molecular weight excluding hydrogens is 254 g/mol. The molecule has 0 bridgehead atoms. The van der Waals surface area contributed by atoms with Gasteiger partial charge in [0.25, 0.3) is 0 Å². The molecule has 0 saturated heterocycles. The zero-order valence-corrected chi connectivity index (χ0v) is 11.9. The number of benzene rings is 1. The number of hydrogen-bond acceptors (Lipinski definition) is 6. The fourth-order valence-corrected chi connectivity index (χ4v) is 1.85. The molecule has 0 radical (unpaired) electrons. The Hall–Kier alpha value is -2.34. The van der Waals surface area contributed by atoms with E-state index in [4.69, 9.17) is 10.6 Å². The van der Waals surface area contributed by atoms with Crippen molar-refractivity contribution in [1.29, 1.82) is 0 Å². The molecule has 0 unspecified atom stereocenters. The van der Waals surface area contributed by atoms with E-state index in [1.54, 1.807) is 13.2 Å². The minimum absolute atomic E-state index is 0.575. The van der Waals surface area contributed by atoms with E-state index in [9.17, 15) is 0 Å². The summed E-state index contributed by atoms with van der Waals surface area (Å²) in [7, 11) is 1.64. The molecule has 0 aliphatic carbocycles. The van der Waals surface area contributed by atoms with E-state index < -0.39 is 0 Å². The monoisotopic (exact) mass is 273 g/mol. The Morgan fingerprint density at radius 3 is 2.60 bits per heavy atom. The number of nitrogens with one attached hydrogen (secondary N) is 2. The lowest BCUT2D eigenvalue weighted by Crippen LogP contribution is -2.11. The summed E-state index contributed by atoms with van der Waals surface area (Å²) in [5.41, 5.74) is 4.54. The summed E-state index contributed by atoms with van der Waals surface area (Å²) in [6.07, 6.45) is 0.731. The molecule has 0 fully saturated rings. The maximum Gasteiger partial charge on any atom is 0.145 e. The molecule has 0 saturated carbocycles. The third-order valence-corrected chi connectivity index (χ3v) is 2.85. The summed E-state index contributed by atoms with van der Waals surface area (Å²) in [6, 6.07) is 7.67. The van der Waals surface area contributed by atoms with Gasteiger partial charge in [-0.15, -0.1) is 0 Å². The van der Waals surface area contributed by atoms with E-state index in [1.807, 2.05) is 32.0 Å². The van der Waals surface area contributed by atoms with Crippen LogP contribution in [0.2, 0.25) is 0 Å². The Morgan fingerprint density at radius 2 is 1.95 bits per heavy atom. The second kappa shape index (κ2) is 6.21. The zero-order valence-electron chi connectivity index (χ0n) is 11.9. The number of nitrogens with two attached hydrogens (primary N) is 1. The van der Waals surface area contributed by atoms with Gasteiger partial charge >= 0.3 is 0 Å². The number of ether oxygens (including phenoxy) is 1. The summed E-state index contributed by atoms with van der Waals surface area (Å²) in [5.74, 6) is 8.15. The van der Waals surface area contributed by atoms with Gasteiger partial charge in [-0.3, -0.25) is 0 Å². The minimum Gasteiger partial charge on any atom is -0.495 e. The Bertz CT molecular complexity index is 578. The van der Waals surface area contributed by atoms with Gasteiger partial charge in [-0.05, 0) is 24.6 Å². The van der Waals surface area contributed by atoms with E-state index >= 15 is 0 Å². The third kappa shape index (κ3) is 3.16. The van der Waals surface area contributed by atoms with Crippen molar-refractivity contribution in [2.24, 2.45) is 5.84 Å². The molecule has 1 aromatic carbocycles. The van der Waals surface area contributed by atoms with E-state index in [1.165, 1.54) is 0 Å². The van der Waals surface area contributed by atoms with Crippen molar-refractivity contribution in [1.82, 2.24) is 9.97 Å². The van der Waals surface area contributed by atoms with Gasteiger partial charge in [-0.1, -0.05) is 13.0 Å². The van der Waals surface area contributed by atoms with Gasteiger partial charge in [0.2, 0.25) is 0 Å². The SMILES string of the molecule is CCc1nc(NN)cc(Nc2cc(C)ccc2OC)n1. The van der Waals surface area contributed by atoms with Crippen LogP contribution in [-0.2, 0) is 6.42 Å². The molecule has 2 aromatic rings. The standard InChI is InChI=1S/C14H19N5O/c1-4-12-17-13(8-14(18-12)19-15)16-10-7-9(2)5-6-11(10)20-3/h5-8H,4,15H2,1-3H3,(H2,16,17,18,19). The molecule has 1 aromatic heterocycles. The van der Waals surface area contributed by atoms with Crippen LogP contribution in [-0.4, -0.2) is 17.1 Å². The average Bonchev–Trinajstić information content (AvgIpc) is 2.47. The molecular formula is C14H19N5O. The van der Waals surface area contributed by atoms with Gasteiger partial charge in [0.15, 0.2) is 0 Å².